The largest absolute Gasteiger partial charge is 0.507 e. The summed E-state index contributed by atoms with van der Waals surface area (Å²) in [7, 11) is 0. The molecular formula is C28H27NO4. The SMILES string of the molecule is Cc1cccc(N2C(=O)C(=O)/C(=C(/O)c3cccc(OC(C)C)c3)C2c2ccccc2)c1C. The first kappa shape index (κ1) is 22.3. The van der Waals surface area contributed by atoms with Crippen LogP contribution in [0.2, 0.25) is 0 Å². The zero-order chi connectivity index (χ0) is 23.7. The molecule has 5 heteroatoms. The highest BCUT2D eigenvalue weighted by atomic mass is 16.5. The first-order chi connectivity index (χ1) is 15.8. The van der Waals surface area contributed by atoms with Gasteiger partial charge in [0.15, 0.2) is 0 Å². The van der Waals surface area contributed by atoms with Crippen LogP contribution in [-0.4, -0.2) is 22.9 Å². The summed E-state index contributed by atoms with van der Waals surface area (Å²) in [5, 5.41) is 11.3. The fraction of sp³-hybridized carbons (Fsp3) is 0.214. The lowest BCUT2D eigenvalue weighted by Crippen LogP contribution is -2.30. The van der Waals surface area contributed by atoms with Crippen LogP contribution in [0.5, 0.6) is 5.75 Å². The first-order valence-corrected chi connectivity index (χ1v) is 11.0. The molecule has 1 amide bonds. The normalized spacial score (nSPS) is 17.6. The van der Waals surface area contributed by atoms with Crippen molar-refractivity contribution in [2.45, 2.75) is 39.8 Å². The van der Waals surface area contributed by atoms with Crippen LogP contribution in [0.15, 0.2) is 78.4 Å². The molecule has 1 fully saturated rings. The summed E-state index contributed by atoms with van der Waals surface area (Å²) < 4.78 is 5.75. The van der Waals surface area contributed by atoms with E-state index in [1.165, 1.54) is 4.90 Å². The topological polar surface area (TPSA) is 66.8 Å². The number of nitrogens with zero attached hydrogens (tertiary/aromatic N) is 1. The third-order valence-corrected chi connectivity index (χ3v) is 5.87. The maximum Gasteiger partial charge on any atom is 0.300 e. The monoisotopic (exact) mass is 441 g/mol. The summed E-state index contributed by atoms with van der Waals surface area (Å²) in [6.07, 6.45) is -0.0402. The van der Waals surface area contributed by atoms with E-state index in [1.54, 1.807) is 24.3 Å². The fourth-order valence-corrected chi connectivity index (χ4v) is 4.17. The third-order valence-electron chi connectivity index (χ3n) is 5.87. The minimum Gasteiger partial charge on any atom is -0.507 e. The van der Waals surface area contributed by atoms with Crippen molar-refractivity contribution < 1.29 is 19.4 Å². The van der Waals surface area contributed by atoms with Gasteiger partial charge in [-0.05, 0) is 62.6 Å². The van der Waals surface area contributed by atoms with E-state index in [-0.39, 0.29) is 17.4 Å². The number of hydrogen-bond acceptors (Lipinski definition) is 4. The van der Waals surface area contributed by atoms with Gasteiger partial charge in [0.25, 0.3) is 11.7 Å². The van der Waals surface area contributed by atoms with Crippen molar-refractivity contribution in [1.29, 1.82) is 0 Å². The second-order valence-electron chi connectivity index (χ2n) is 8.49. The molecule has 1 atom stereocenters. The first-order valence-electron chi connectivity index (χ1n) is 11.0. The van der Waals surface area contributed by atoms with Gasteiger partial charge in [0.05, 0.1) is 17.7 Å². The molecule has 0 aliphatic carbocycles. The van der Waals surface area contributed by atoms with Crippen LogP contribution in [0.25, 0.3) is 5.76 Å². The highest BCUT2D eigenvalue weighted by molar-refractivity contribution is 6.51. The molecular weight excluding hydrogens is 414 g/mol. The van der Waals surface area contributed by atoms with Gasteiger partial charge < -0.3 is 9.84 Å². The molecule has 0 radical (unpaired) electrons. The molecule has 0 bridgehead atoms. The Bertz CT molecular complexity index is 1240. The molecule has 1 unspecified atom stereocenters. The number of aliphatic hydroxyl groups excluding tert-OH is 1. The number of benzene rings is 3. The van der Waals surface area contributed by atoms with Gasteiger partial charge in [-0.15, -0.1) is 0 Å². The summed E-state index contributed by atoms with van der Waals surface area (Å²) in [5.74, 6) is -1.01. The standard InChI is InChI=1S/C28H27NO4/c1-17(2)33-22-14-9-13-21(16-22)26(30)24-25(20-11-6-5-7-12-20)29(28(32)27(24)31)23-15-8-10-18(3)19(23)4/h5-17,25,30H,1-4H3/b26-24+. The van der Waals surface area contributed by atoms with Gasteiger partial charge in [0, 0.05) is 11.3 Å². The van der Waals surface area contributed by atoms with Crippen molar-refractivity contribution in [3.8, 4) is 5.75 Å². The molecule has 1 saturated heterocycles. The number of rotatable bonds is 5. The summed E-state index contributed by atoms with van der Waals surface area (Å²) in [5.41, 5.74) is 3.81. The van der Waals surface area contributed by atoms with Gasteiger partial charge in [-0.2, -0.15) is 0 Å². The predicted octanol–water partition coefficient (Wildman–Crippen LogP) is 5.72. The van der Waals surface area contributed by atoms with Gasteiger partial charge in [-0.1, -0.05) is 54.6 Å². The molecule has 33 heavy (non-hydrogen) atoms. The van der Waals surface area contributed by atoms with E-state index in [2.05, 4.69) is 0 Å². The quantitative estimate of drug-likeness (QED) is 0.313. The summed E-state index contributed by atoms with van der Waals surface area (Å²) in [6.45, 7) is 7.72. The van der Waals surface area contributed by atoms with E-state index >= 15 is 0 Å². The van der Waals surface area contributed by atoms with Crippen LogP contribution >= 0.6 is 0 Å². The van der Waals surface area contributed by atoms with E-state index < -0.39 is 17.7 Å². The molecule has 0 spiro atoms. The Morgan fingerprint density at radius 2 is 1.64 bits per heavy atom. The summed E-state index contributed by atoms with van der Waals surface area (Å²) in [6, 6.07) is 21.2. The number of anilines is 1. The molecule has 168 valence electrons. The molecule has 1 N–H and O–H groups in total. The molecule has 1 aliphatic heterocycles. The van der Waals surface area contributed by atoms with Gasteiger partial charge in [-0.25, -0.2) is 0 Å². The number of aliphatic hydroxyl groups is 1. The molecule has 3 aromatic rings. The average Bonchev–Trinajstić information content (AvgIpc) is 3.06. The van der Waals surface area contributed by atoms with E-state index in [1.807, 2.05) is 76.2 Å². The van der Waals surface area contributed by atoms with Crippen LogP contribution in [-0.2, 0) is 9.59 Å². The number of ketones is 1. The number of carbonyl (C=O) groups is 2. The maximum atomic E-state index is 13.3. The molecule has 0 aromatic heterocycles. The van der Waals surface area contributed by atoms with Crippen molar-refractivity contribution in [2.75, 3.05) is 4.90 Å². The minimum absolute atomic E-state index is 0.0402. The van der Waals surface area contributed by atoms with Crippen LogP contribution in [0.4, 0.5) is 5.69 Å². The Kier molecular flexibility index (Phi) is 6.05. The Morgan fingerprint density at radius 3 is 2.33 bits per heavy atom. The van der Waals surface area contributed by atoms with Gasteiger partial charge in [-0.3, -0.25) is 14.5 Å². The molecule has 0 saturated carbocycles. The average molecular weight is 442 g/mol. The van der Waals surface area contributed by atoms with Crippen molar-refractivity contribution >= 4 is 23.1 Å². The summed E-state index contributed by atoms with van der Waals surface area (Å²) in [4.78, 5) is 28.1. The lowest BCUT2D eigenvalue weighted by Gasteiger charge is -2.27. The van der Waals surface area contributed by atoms with Gasteiger partial charge >= 0.3 is 0 Å². The predicted molar refractivity (Wildman–Crippen MR) is 129 cm³/mol. The number of amides is 1. The van der Waals surface area contributed by atoms with Crippen molar-refractivity contribution in [2.24, 2.45) is 0 Å². The molecule has 1 aliphatic rings. The molecule has 1 heterocycles. The van der Waals surface area contributed by atoms with Crippen molar-refractivity contribution in [1.82, 2.24) is 0 Å². The second kappa shape index (κ2) is 8.94. The van der Waals surface area contributed by atoms with Gasteiger partial charge in [0.1, 0.15) is 11.5 Å². The van der Waals surface area contributed by atoms with Gasteiger partial charge in [0.2, 0.25) is 0 Å². The summed E-state index contributed by atoms with van der Waals surface area (Å²) >= 11 is 0. The Balaban J connectivity index is 1.93. The number of carbonyl (C=O) groups excluding carboxylic acids is 2. The van der Waals surface area contributed by atoms with E-state index in [9.17, 15) is 14.7 Å². The Labute approximate surface area is 193 Å². The molecule has 5 nitrogen and oxygen atoms in total. The zero-order valence-electron chi connectivity index (χ0n) is 19.2. The highest BCUT2D eigenvalue weighted by Gasteiger charge is 2.47. The lowest BCUT2D eigenvalue weighted by molar-refractivity contribution is -0.132. The molecule has 3 aromatic carbocycles. The number of hydrogen-bond donors (Lipinski definition) is 1. The van der Waals surface area contributed by atoms with E-state index in [0.717, 1.165) is 16.7 Å². The third kappa shape index (κ3) is 4.14. The molecule has 4 rings (SSSR count). The van der Waals surface area contributed by atoms with E-state index in [0.29, 0.717) is 17.0 Å². The number of Topliss-reactive ketones (excluding diaryl/α,β-unsaturated/α-hetero) is 1. The van der Waals surface area contributed by atoms with Crippen molar-refractivity contribution in [3.05, 3.63) is 101 Å². The number of aryl methyl sites for hydroxylation is 1. The zero-order valence-corrected chi connectivity index (χ0v) is 19.2. The van der Waals surface area contributed by atoms with Crippen LogP contribution in [0, 0.1) is 13.8 Å². The maximum absolute atomic E-state index is 13.3. The van der Waals surface area contributed by atoms with Crippen LogP contribution < -0.4 is 9.64 Å². The van der Waals surface area contributed by atoms with Crippen molar-refractivity contribution in [3.63, 3.8) is 0 Å². The Hall–Kier alpha value is -3.86. The number of ether oxygens (including phenoxy) is 1. The van der Waals surface area contributed by atoms with Crippen LogP contribution in [0.3, 0.4) is 0 Å². The fourth-order valence-electron chi connectivity index (χ4n) is 4.17. The van der Waals surface area contributed by atoms with E-state index in [4.69, 9.17) is 4.74 Å². The lowest BCUT2D eigenvalue weighted by atomic mass is 9.94. The Morgan fingerprint density at radius 1 is 0.939 bits per heavy atom. The second-order valence-corrected chi connectivity index (χ2v) is 8.49. The highest BCUT2D eigenvalue weighted by Crippen LogP contribution is 2.43. The minimum atomic E-state index is -0.749. The smallest absolute Gasteiger partial charge is 0.300 e. The van der Waals surface area contributed by atoms with Crippen LogP contribution in [0.1, 0.15) is 42.1 Å².